The molecule has 0 spiro atoms. The molecule has 0 fully saturated rings. The zero-order valence-electron chi connectivity index (χ0n) is 16.7. The van der Waals surface area contributed by atoms with Gasteiger partial charge >= 0.3 is 0 Å². The Hall–Kier alpha value is -3.00. The van der Waals surface area contributed by atoms with Crippen LogP contribution in [0.1, 0.15) is 10.4 Å². The summed E-state index contributed by atoms with van der Waals surface area (Å²) < 4.78 is 10.5. The van der Waals surface area contributed by atoms with Gasteiger partial charge in [-0.05, 0) is 54.7 Å². The van der Waals surface area contributed by atoms with Crippen molar-refractivity contribution in [1.29, 1.82) is 0 Å². The topological polar surface area (TPSA) is 71.6 Å². The summed E-state index contributed by atoms with van der Waals surface area (Å²) in [6, 6.07) is 17.3. The van der Waals surface area contributed by atoms with Crippen molar-refractivity contribution in [3.05, 3.63) is 76.3 Å². The van der Waals surface area contributed by atoms with E-state index in [1.807, 2.05) is 0 Å². The van der Waals surface area contributed by atoms with E-state index in [9.17, 15) is 4.79 Å². The van der Waals surface area contributed by atoms with Crippen molar-refractivity contribution in [1.82, 2.24) is 0 Å². The molecule has 0 unspecified atom stereocenters. The molecule has 3 aromatic rings. The number of nitrogens with one attached hydrogen (secondary N) is 3. The van der Waals surface area contributed by atoms with Crippen molar-refractivity contribution in [2.24, 2.45) is 0 Å². The van der Waals surface area contributed by atoms with E-state index in [4.69, 9.17) is 44.9 Å². The summed E-state index contributed by atoms with van der Waals surface area (Å²) in [5, 5.41) is 10.1. The Morgan fingerprint density at radius 2 is 1.42 bits per heavy atom. The molecule has 0 aromatic heterocycles. The van der Waals surface area contributed by atoms with Gasteiger partial charge < -0.3 is 25.4 Å². The summed E-state index contributed by atoms with van der Waals surface area (Å²) in [4.78, 5) is 12.4. The summed E-state index contributed by atoms with van der Waals surface area (Å²) in [6.45, 7) is 0. The molecule has 0 atom stereocenters. The van der Waals surface area contributed by atoms with Crippen molar-refractivity contribution in [2.45, 2.75) is 0 Å². The van der Waals surface area contributed by atoms with Gasteiger partial charge in [-0.15, -0.1) is 0 Å². The number of carbonyl (C=O) groups excluding carboxylic acids is 1. The second-order valence-corrected chi connectivity index (χ2v) is 7.50. The van der Waals surface area contributed by atoms with Crippen molar-refractivity contribution >= 4 is 63.5 Å². The molecular formula is C22H19Cl2N3O3S. The van der Waals surface area contributed by atoms with E-state index in [1.165, 1.54) is 7.11 Å². The van der Waals surface area contributed by atoms with Gasteiger partial charge in [0.1, 0.15) is 11.5 Å². The van der Waals surface area contributed by atoms with Gasteiger partial charge in [-0.25, -0.2) is 0 Å². The molecule has 0 aliphatic rings. The highest BCUT2D eigenvalue weighted by atomic mass is 35.5. The molecule has 3 rings (SSSR count). The molecule has 0 bridgehead atoms. The van der Waals surface area contributed by atoms with Gasteiger partial charge in [0.2, 0.25) is 0 Å². The van der Waals surface area contributed by atoms with Gasteiger partial charge in [0.25, 0.3) is 5.91 Å². The third-order valence-electron chi connectivity index (χ3n) is 4.24. The van der Waals surface area contributed by atoms with E-state index < -0.39 is 0 Å². The van der Waals surface area contributed by atoms with Crippen LogP contribution >= 0.6 is 35.4 Å². The van der Waals surface area contributed by atoms with Crippen LogP contribution < -0.4 is 25.4 Å². The lowest BCUT2D eigenvalue weighted by atomic mass is 10.2. The average molecular weight is 476 g/mol. The van der Waals surface area contributed by atoms with Crippen molar-refractivity contribution in [3.63, 3.8) is 0 Å². The predicted octanol–water partition coefficient (Wildman–Crippen LogP) is 6.07. The quantitative estimate of drug-likeness (QED) is 0.375. The number of methoxy groups -OCH3 is 2. The lowest BCUT2D eigenvalue weighted by Crippen LogP contribution is -2.19. The van der Waals surface area contributed by atoms with Gasteiger partial charge in [0.05, 0.1) is 35.5 Å². The number of hydrogen-bond donors (Lipinski definition) is 3. The van der Waals surface area contributed by atoms with Crippen LogP contribution in [0.3, 0.4) is 0 Å². The predicted molar refractivity (Wildman–Crippen MR) is 130 cm³/mol. The maximum absolute atomic E-state index is 12.4. The largest absolute Gasteiger partial charge is 0.495 e. The standard InChI is InChI=1S/C22H19Cl2N3O3S/c1-29-19-12-20(30-2)18(11-17(19)24)27-22(31)26-14-9-7-13(8-10-14)25-21(28)15-5-3-4-6-16(15)23/h3-12H,1-2H3,(H,25,28)(H2,26,27,31). The summed E-state index contributed by atoms with van der Waals surface area (Å²) in [6.07, 6.45) is 0. The zero-order valence-corrected chi connectivity index (χ0v) is 19.0. The maximum Gasteiger partial charge on any atom is 0.257 e. The molecule has 0 aliphatic heterocycles. The van der Waals surface area contributed by atoms with Crippen LogP contribution in [0.15, 0.2) is 60.7 Å². The third kappa shape index (κ3) is 5.79. The highest BCUT2D eigenvalue weighted by molar-refractivity contribution is 7.80. The van der Waals surface area contributed by atoms with Crippen LogP contribution in [0.4, 0.5) is 17.1 Å². The van der Waals surface area contributed by atoms with Crippen LogP contribution in [0.25, 0.3) is 0 Å². The minimum Gasteiger partial charge on any atom is -0.495 e. The van der Waals surface area contributed by atoms with Crippen LogP contribution in [0, 0.1) is 0 Å². The Morgan fingerprint density at radius 1 is 0.806 bits per heavy atom. The normalized spacial score (nSPS) is 10.2. The number of carbonyl (C=O) groups is 1. The average Bonchev–Trinajstić information content (AvgIpc) is 2.75. The van der Waals surface area contributed by atoms with Crippen molar-refractivity contribution < 1.29 is 14.3 Å². The van der Waals surface area contributed by atoms with Gasteiger partial charge in [0, 0.05) is 17.4 Å². The fraction of sp³-hybridized carbons (Fsp3) is 0.0909. The molecule has 3 N–H and O–H groups in total. The van der Waals surface area contributed by atoms with Crippen LogP contribution in [-0.2, 0) is 0 Å². The fourth-order valence-corrected chi connectivity index (χ4v) is 3.41. The van der Waals surface area contributed by atoms with Gasteiger partial charge in [0.15, 0.2) is 5.11 Å². The Bertz CT molecular complexity index is 1110. The minimum absolute atomic E-state index is 0.285. The lowest BCUT2D eigenvalue weighted by molar-refractivity contribution is 0.102. The molecule has 1 amide bonds. The number of benzene rings is 3. The van der Waals surface area contributed by atoms with Crippen LogP contribution in [0.5, 0.6) is 11.5 Å². The van der Waals surface area contributed by atoms with E-state index >= 15 is 0 Å². The van der Waals surface area contributed by atoms with E-state index in [1.54, 1.807) is 67.8 Å². The van der Waals surface area contributed by atoms with E-state index in [0.717, 1.165) is 5.69 Å². The van der Waals surface area contributed by atoms with Crippen LogP contribution in [-0.4, -0.2) is 25.2 Å². The number of thiocarbonyl (C=S) groups is 1. The number of anilines is 3. The second-order valence-electron chi connectivity index (χ2n) is 6.28. The zero-order chi connectivity index (χ0) is 22.4. The van der Waals surface area contributed by atoms with E-state index in [0.29, 0.717) is 43.6 Å². The smallest absolute Gasteiger partial charge is 0.257 e. The maximum atomic E-state index is 12.4. The molecule has 0 aliphatic carbocycles. The molecule has 160 valence electrons. The number of ether oxygens (including phenoxy) is 2. The summed E-state index contributed by atoms with van der Waals surface area (Å²) in [7, 11) is 3.07. The first kappa shape index (κ1) is 22.7. The molecule has 0 heterocycles. The first-order valence-electron chi connectivity index (χ1n) is 9.06. The molecule has 6 nitrogen and oxygen atoms in total. The Labute approximate surface area is 195 Å². The number of rotatable bonds is 6. The summed E-state index contributed by atoms with van der Waals surface area (Å²) in [5.74, 6) is 0.743. The number of hydrogen-bond acceptors (Lipinski definition) is 4. The van der Waals surface area contributed by atoms with Crippen molar-refractivity contribution in [2.75, 3.05) is 30.2 Å². The fourth-order valence-electron chi connectivity index (χ4n) is 2.72. The van der Waals surface area contributed by atoms with Gasteiger partial charge in [-0.1, -0.05) is 35.3 Å². The Balaban J connectivity index is 1.63. The molecule has 0 saturated heterocycles. The highest BCUT2D eigenvalue weighted by Crippen LogP contribution is 2.36. The Morgan fingerprint density at radius 3 is 2.03 bits per heavy atom. The number of amides is 1. The molecular weight excluding hydrogens is 457 g/mol. The first-order valence-corrected chi connectivity index (χ1v) is 10.2. The highest BCUT2D eigenvalue weighted by Gasteiger charge is 2.12. The van der Waals surface area contributed by atoms with E-state index in [2.05, 4.69) is 16.0 Å². The summed E-state index contributed by atoms with van der Waals surface area (Å²) >= 11 is 17.6. The Kier molecular flexibility index (Phi) is 7.57. The molecule has 0 radical (unpaired) electrons. The SMILES string of the molecule is COc1cc(OC)c(NC(=S)Nc2ccc(NC(=O)c3ccccc3Cl)cc2)cc1Cl. The van der Waals surface area contributed by atoms with E-state index in [-0.39, 0.29) is 5.91 Å². The minimum atomic E-state index is -0.285. The van der Waals surface area contributed by atoms with Gasteiger partial charge in [-0.3, -0.25) is 4.79 Å². The number of halogens is 2. The molecule has 9 heteroatoms. The molecule has 31 heavy (non-hydrogen) atoms. The van der Waals surface area contributed by atoms with Crippen LogP contribution in [0.2, 0.25) is 10.0 Å². The first-order chi connectivity index (χ1) is 14.9. The van der Waals surface area contributed by atoms with Gasteiger partial charge in [-0.2, -0.15) is 0 Å². The lowest BCUT2D eigenvalue weighted by Gasteiger charge is -2.15. The monoisotopic (exact) mass is 475 g/mol. The van der Waals surface area contributed by atoms with Crippen molar-refractivity contribution in [3.8, 4) is 11.5 Å². The molecule has 0 saturated carbocycles. The molecule has 3 aromatic carbocycles. The summed E-state index contributed by atoms with van der Waals surface area (Å²) in [5.41, 5.74) is 2.35. The third-order valence-corrected chi connectivity index (χ3v) is 5.07. The second kappa shape index (κ2) is 10.3.